The number of nitrogens with zero attached hydrogens (tertiary/aromatic N) is 1. The van der Waals surface area contributed by atoms with Crippen LogP contribution < -0.4 is 19.1 Å². The molecule has 1 N–H and O–H groups in total. The van der Waals surface area contributed by atoms with E-state index in [1.807, 2.05) is 13.0 Å². The summed E-state index contributed by atoms with van der Waals surface area (Å²) in [4.78, 5) is 13.2. The Labute approximate surface area is 213 Å². The van der Waals surface area contributed by atoms with Gasteiger partial charge in [0.15, 0.2) is 0 Å². The van der Waals surface area contributed by atoms with Gasteiger partial charge in [0.25, 0.3) is 10.0 Å². The molecule has 0 bridgehead atoms. The second-order valence-electron chi connectivity index (χ2n) is 8.88. The minimum absolute atomic E-state index is 0.0461. The summed E-state index contributed by atoms with van der Waals surface area (Å²) in [6.45, 7) is 1.51. The van der Waals surface area contributed by atoms with Crippen molar-refractivity contribution in [2.24, 2.45) is 0 Å². The molecule has 0 heterocycles. The number of benzene rings is 3. The molecule has 36 heavy (non-hydrogen) atoms. The maximum atomic E-state index is 13.7. The highest BCUT2D eigenvalue weighted by Gasteiger charge is 2.30. The van der Waals surface area contributed by atoms with Crippen molar-refractivity contribution in [2.75, 3.05) is 25.1 Å². The van der Waals surface area contributed by atoms with Crippen molar-refractivity contribution in [1.29, 1.82) is 0 Å². The second kappa shape index (κ2) is 11.0. The van der Waals surface area contributed by atoms with Crippen LogP contribution in [-0.2, 0) is 27.7 Å². The number of hydrogen-bond acceptors (Lipinski definition) is 5. The lowest BCUT2D eigenvalue weighted by Crippen LogP contribution is -2.41. The van der Waals surface area contributed by atoms with Gasteiger partial charge in [0, 0.05) is 0 Å². The van der Waals surface area contributed by atoms with Crippen LogP contribution in [0.25, 0.3) is 0 Å². The molecule has 4 rings (SSSR count). The molecule has 1 atom stereocenters. The molecule has 0 fully saturated rings. The Balaban J connectivity index is 1.60. The molecule has 1 amide bonds. The first kappa shape index (κ1) is 25.6. The van der Waals surface area contributed by atoms with Gasteiger partial charge in [-0.15, -0.1) is 0 Å². The Hall–Kier alpha value is -3.52. The number of rotatable bonds is 9. The first-order chi connectivity index (χ1) is 17.3. The number of aryl methyl sites for hydroxylation is 2. The largest absolute Gasteiger partial charge is 0.497 e. The highest BCUT2D eigenvalue weighted by molar-refractivity contribution is 7.92. The summed E-state index contributed by atoms with van der Waals surface area (Å²) in [7, 11) is -1.10. The first-order valence-corrected chi connectivity index (χ1v) is 13.5. The van der Waals surface area contributed by atoms with Crippen molar-refractivity contribution in [3.8, 4) is 11.5 Å². The summed E-state index contributed by atoms with van der Waals surface area (Å²) in [5.41, 5.74) is 3.99. The molecule has 7 nitrogen and oxygen atoms in total. The van der Waals surface area contributed by atoms with Gasteiger partial charge in [-0.2, -0.15) is 0 Å². The maximum Gasteiger partial charge on any atom is 0.264 e. The van der Waals surface area contributed by atoms with Crippen molar-refractivity contribution >= 4 is 21.6 Å². The van der Waals surface area contributed by atoms with E-state index in [0.717, 1.165) is 22.7 Å². The number of amides is 1. The summed E-state index contributed by atoms with van der Waals surface area (Å²) in [5.74, 6) is 0.475. The average molecular weight is 509 g/mol. The van der Waals surface area contributed by atoms with Gasteiger partial charge in [0.05, 0.1) is 30.8 Å². The number of carbonyl (C=O) groups excluding carboxylic acids is 1. The van der Waals surface area contributed by atoms with Crippen molar-refractivity contribution in [1.82, 2.24) is 5.32 Å². The van der Waals surface area contributed by atoms with E-state index >= 15 is 0 Å². The number of para-hydroxylation sites is 2. The zero-order chi connectivity index (χ0) is 25.7. The monoisotopic (exact) mass is 508 g/mol. The molecule has 0 saturated carbocycles. The van der Waals surface area contributed by atoms with Gasteiger partial charge < -0.3 is 14.8 Å². The molecule has 0 spiro atoms. The van der Waals surface area contributed by atoms with Crippen molar-refractivity contribution < 1.29 is 22.7 Å². The van der Waals surface area contributed by atoms with Gasteiger partial charge in [-0.05, 0) is 85.7 Å². The molecule has 1 aliphatic carbocycles. The maximum absolute atomic E-state index is 13.7. The molecule has 0 radical (unpaired) electrons. The number of methoxy groups -OCH3 is 2. The van der Waals surface area contributed by atoms with Gasteiger partial charge in [-0.3, -0.25) is 9.10 Å². The minimum Gasteiger partial charge on any atom is -0.497 e. The van der Waals surface area contributed by atoms with Crippen LogP contribution in [0.1, 0.15) is 42.5 Å². The summed E-state index contributed by atoms with van der Waals surface area (Å²) in [6, 6.07) is 18.9. The fourth-order valence-electron chi connectivity index (χ4n) is 4.53. The molecule has 190 valence electrons. The number of nitrogens with one attached hydrogen (secondary N) is 1. The molecule has 8 heteroatoms. The highest BCUT2D eigenvalue weighted by Crippen LogP contribution is 2.33. The standard InChI is InChI=1S/C28H32N2O5S/c1-20(22-13-12-21-8-4-5-9-23(21)18-22)29-28(31)19-30(26-10-6-7-11-27(26)35-3)36(32,33)25-16-14-24(34-2)15-17-25/h6-7,10-18,20H,4-5,8-9,19H2,1-3H3,(H,29,31). The van der Waals surface area contributed by atoms with E-state index < -0.39 is 22.5 Å². The van der Waals surface area contributed by atoms with Crippen LogP contribution in [-0.4, -0.2) is 35.1 Å². The fourth-order valence-corrected chi connectivity index (χ4v) is 5.97. The third-order valence-corrected chi connectivity index (χ3v) is 8.31. The number of fused-ring (bicyclic) bond motifs is 1. The number of hydrogen-bond donors (Lipinski definition) is 1. The third-order valence-electron chi connectivity index (χ3n) is 6.54. The summed E-state index contributed by atoms with van der Waals surface area (Å²) in [5, 5.41) is 2.98. The van der Waals surface area contributed by atoms with E-state index in [4.69, 9.17) is 9.47 Å². The van der Waals surface area contributed by atoms with Crippen LogP contribution in [0.5, 0.6) is 11.5 Å². The predicted octanol–water partition coefficient (Wildman–Crippen LogP) is 4.66. The van der Waals surface area contributed by atoms with Crippen LogP contribution in [0.4, 0.5) is 5.69 Å². The third kappa shape index (κ3) is 5.49. The minimum atomic E-state index is -4.08. The summed E-state index contributed by atoms with van der Waals surface area (Å²) in [6.07, 6.45) is 4.52. The van der Waals surface area contributed by atoms with E-state index in [0.29, 0.717) is 11.5 Å². The Morgan fingerprint density at radius 2 is 1.64 bits per heavy atom. The highest BCUT2D eigenvalue weighted by atomic mass is 32.2. The lowest BCUT2D eigenvalue weighted by atomic mass is 9.89. The van der Waals surface area contributed by atoms with E-state index in [9.17, 15) is 13.2 Å². The zero-order valence-corrected chi connectivity index (χ0v) is 21.7. The number of anilines is 1. The van der Waals surface area contributed by atoms with E-state index in [-0.39, 0.29) is 16.6 Å². The van der Waals surface area contributed by atoms with Gasteiger partial charge >= 0.3 is 0 Å². The van der Waals surface area contributed by atoms with Crippen molar-refractivity contribution in [3.05, 3.63) is 83.4 Å². The molecule has 3 aromatic carbocycles. The van der Waals surface area contributed by atoms with Crippen LogP contribution >= 0.6 is 0 Å². The van der Waals surface area contributed by atoms with E-state index in [2.05, 4.69) is 17.4 Å². The molecular formula is C28H32N2O5S. The Morgan fingerprint density at radius 1 is 0.944 bits per heavy atom. The van der Waals surface area contributed by atoms with Crippen molar-refractivity contribution in [2.45, 2.75) is 43.5 Å². The molecule has 0 saturated heterocycles. The SMILES string of the molecule is COc1ccc(S(=O)(=O)N(CC(=O)NC(C)c2ccc3c(c2)CCCC3)c2ccccc2OC)cc1. The summed E-state index contributed by atoms with van der Waals surface area (Å²) >= 11 is 0. The number of sulfonamides is 1. The number of carbonyl (C=O) groups is 1. The molecule has 0 aromatic heterocycles. The van der Waals surface area contributed by atoms with Gasteiger partial charge in [0.1, 0.15) is 18.0 Å². The quantitative estimate of drug-likeness (QED) is 0.455. The van der Waals surface area contributed by atoms with Crippen molar-refractivity contribution in [3.63, 3.8) is 0 Å². The lowest BCUT2D eigenvalue weighted by molar-refractivity contribution is -0.120. The average Bonchev–Trinajstić information content (AvgIpc) is 2.91. The van der Waals surface area contributed by atoms with Gasteiger partial charge in [-0.25, -0.2) is 8.42 Å². The smallest absolute Gasteiger partial charge is 0.264 e. The topological polar surface area (TPSA) is 84.9 Å². The molecular weight excluding hydrogens is 476 g/mol. The van der Waals surface area contributed by atoms with Crippen LogP contribution in [0, 0.1) is 0 Å². The van der Waals surface area contributed by atoms with Crippen LogP contribution in [0.15, 0.2) is 71.6 Å². The molecule has 1 unspecified atom stereocenters. The first-order valence-electron chi connectivity index (χ1n) is 12.0. The van der Waals surface area contributed by atoms with E-state index in [1.54, 1.807) is 36.4 Å². The van der Waals surface area contributed by atoms with Crippen LogP contribution in [0.2, 0.25) is 0 Å². The van der Waals surface area contributed by atoms with Gasteiger partial charge in [0.2, 0.25) is 5.91 Å². The zero-order valence-electron chi connectivity index (χ0n) is 20.9. The van der Waals surface area contributed by atoms with E-state index in [1.165, 1.54) is 50.3 Å². The number of ether oxygens (including phenoxy) is 2. The predicted molar refractivity (Wildman–Crippen MR) is 140 cm³/mol. The van der Waals surface area contributed by atoms with Crippen LogP contribution in [0.3, 0.4) is 0 Å². The molecule has 1 aliphatic rings. The Bertz CT molecular complexity index is 1320. The molecule has 3 aromatic rings. The van der Waals surface area contributed by atoms with Gasteiger partial charge in [-0.1, -0.05) is 30.3 Å². The Morgan fingerprint density at radius 3 is 2.33 bits per heavy atom. The Kier molecular flexibility index (Phi) is 7.84. The fraction of sp³-hybridized carbons (Fsp3) is 0.321. The lowest BCUT2D eigenvalue weighted by Gasteiger charge is -2.26. The second-order valence-corrected chi connectivity index (χ2v) is 10.7. The normalized spacial score (nSPS) is 13.9. The molecule has 0 aliphatic heterocycles. The summed E-state index contributed by atoms with van der Waals surface area (Å²) < 4.78 is 39.1.